The van der Waals surface area contributed by atoms with Gasteiger partial charge in [0.25, 0.3) is 0 Å². The first kappa shape index (κ1) is 10.9. The maximum atomic E-state index is 13.2. The standard InChI is InChI=1S/C12H15FO/c1-9(7-8-14)11-5-3-4-6-12(11)10(2)13/h3-6,8-10H,7H2,1-2H3. The Bertz CT molecular complexity index is 307. The molecule has 0 bridgehead atoms. The van der Waals surface area contributed by atoms with Gasteiger partial charge < -0.3 is 4.79 Å². The summed E-state index contributed by atoms with van der Waals surface area (Å²) in [5, 5.41) is 0. The van der Waals surface area contributed by atoms with Crippen LogP contribution in [0.2, 0.25) is 0 Å². The summed E-state index contributed by atoms with van der Waals surface area (Å²) >= 11 is 0. The number of carbonyl (C=O) groups is 1. The van der Waals surface area contributed by atoms with Gasteiger partial charge in [0.1, 0.15) is 12.5 Å². The number of alkyl halides is 1. The summed E-state index contributed by atoms with van der Waals surface area (Å²) in [6, 6.07) is 7.37. The van der Waals surface area contributed by atoms with Gasteiger partial charge in [0.05, 0.1) is 0 Å². The van der Waals surface area contributed by atoms with Crippen LogP contribution in [0, 0.1) is 0 Å². The molecule has 0 saturated carbocycles. The van der Waals surface area contributed by atoms with Crippen LogP contribution in [0.3, 0.4) is 0 Å². The molecular formula is C12H15FO. The molecule has 0 spiro atoms. The van der Waals surface area contributed by atoms with Crippen LogP contribution in [0.1, 0.15) is 43.5 Å². The van der Waals surface area contributed by atoms with E-state index in [2.05, 4.69) is 0 Å². The fraction of sp³-hybridized carbons (Fsp3) is 0.417. The van der Waals surface area contributed by atoms with E-state index in [1.807, 2.05) is 25.1 Å². The van der Waals surface area contributed by atoms with Crippen LogP contribution in [0.25, 0.3) is 0 Å². The van der Waals surface area contributed by atoms with E-state index in [0.29, 0.717) is 12.0 Å². The van der Waals surface area contributed by atoms with Crippen molar-refractivity contribution in [2.45, 2.75) is 32.4 Å². The first-order valence-electron chi connectivity index (χ1n) is 4.83. The molecule has 1 aromatic carbocycles. The number of aldehydes is 1. The number of benzene rings is 1. The molecule has 0 saturated heterocycles. The lowest BCUT2D eigenvalue weighted by Gasteiger charge is -2.14. The van der Waals surface area contributed by atoms with E-state index in [-0.39, 0.29) is 5.92 Å². The Morgan fingerprint density at radius 2 is 1.86 bits per heavy atom. The molecule has 0 aliphatic rings. The van der Waals surface area contributed by atoms with E-state index in [1.165, 1.54) is 6.92 Å². The van der Waals surface area contributed by atoms with Crippen molar-refractivity contribution in [2.24, 2.45) is 0 Å². The smallest absolute Gasteiger partial charge is 0.123 e. The molecule has 0 heterocycles. The quantitative estimate of drug-likeness (QED) is 0.671. The lowest BCUT2D eigenvalue weighted by Crippen LogP contribution is -2.00. The maximum Gasteiger partial charge on any atom is 0.123 e. The van der Waals surface area contributed by atoms with Crippen LogP contribution in [0.15, 0.2) is 24.3 Å². The second-order valence-corrected chi connectivity index (χ2v) is 3.55. The van der Waals surface area contributed by atoms with E-state index < -0.39 is 6.17 Å². The minimum Gasteiger partial charge on any atom is -0.303 e. The van der Waals surface area contributed by atoms with Crippen molar-refractivity contribution in [2.75, 3.05) is 0 Å². The highest BCUT2D eigenvalue weighted by Gasteiger charge is 2.13. The van der Waals surface area contributed by atoms with Crippen molar-refractivity contribution in [3.05, 3.63) is 35.4 Å². The van der Waals surface area contributed by atoms with E-state index in [4.69, 9.17) is 0 Å². The number of hydrogen-bond acceptors (Lipinski definition) is 1. The molecule has 0 aliphatic carbocycles. The third-order valence-electron chi connectivity index (χ3n) is 2.41. The molecular weight excluding hydrogens is 179 g/mol. The van der Waals surface area contributed by atoms with Crippen molar-refractivity contribution >= 4 is 6.29 Å². The molecule has 0 aliphatic heterocycles. The van der Waals surface area contributed by atoms with Crippen LogP contribution in [-0.4, -0.2) is 6.29 Å². The van der Waals surface area contributed by atoms with Crippen LogP contribution >= 0.6 is 0 Å². The Kier molecular flexibility index (Phi) is 3.81. The molecule has 2 unspecified atom stereocenters. The fourth-order valence-electron chi connectivity index (χ4n) is 1.59. The van der Waals surface area contributed by atoms with Gasteiger partial charge >= 0.3 is 0 Å². The molecule has 0 N–H and O–H groups in total. The first-order chi connectivity index (χ1) is 6.66. The first-order valence-corrected chi connectivity index (χ1v) is 4.83. The van der Waals surface area contributed by atoms with Crippen molar-refractivity contribution in [1.82, 2.24) is 0 Å². The van der Waals surface area contributed by atoms with E-state index in [0.717, 1.165) is 11.8 Å². The molecule has 0 radical (unpaired) electrons. The Hall–Kier alpha value is -1.18. The minimum absolute atomic E-state index is 0.0990. The molecule has 0 amide bonds. The number of hydrogen-bond donors (Lipinski definition) is 0. The van der Waals surface area contributed by atoms with Gasteiger partial charge in [-0.3, -0.25) is 0 Å². The van der Waals surface area contributed by atoms with Gasteiger partial charge in [0.15, 0.2) is 0 Å². The fourth-order valence-corrected chi connectivity index (χ4v) is 1.59. The average Bonchev–Trinajstić information content (AvgIpc) is 2.18. The van der Waals surface area contributed by atoms with Gasteiger partial charge in [-0.05, 0) is 24.0 Å². The lowest BCUT2D eigenvalue weighted by molar-refractivity contribution is -0.108. The summed E-state index contributed by atoms with van der Waals surface area (Å²) in [6.07, 6.45) is 0.356. The van der Waals surface area contributed by atoms with Gasteiger partial charge in [-0.15, -0.1) is 0 Å². The number of halogens is 1. The summed E-state index contributed by atoms with van der Waals surface area (Å²) < 4.78 is 13.2. The zero-order valence-electron chi connectivity index (χ0n) is 8.53. The van der Waals surface area contributed by atoms with Crippen molar-refractivity contribution in [1.29, 1.82) is 0 Å². The van der Waals surface area contributed by atoms with Gasteiger partial charge in [-0.1, -0.05) is 31.2 Å². The molecule has 1 nitrogen and oxygen atoms in total. The molecule has 76 valence electrons. The summed E-state index contributed by atoms with van der Waals surface area (Å²) in [5.41, 5.74) is 1.64. The Morgan fingerprint density at radius 3 is 2.36 bits per heavy atom. The summed E-state index contributed by atoms with van der Waals surface area (Å²) in [7, 11) is 0. The van der Waals surface area contributed by atoms with Gasteiger partial charge in [-0.2, -0.15) is 0 Å². The van der Waals surface area contributed by atoms with Crippen LogP contribution in [0.5, 0.6) is 0 Å². The maximum absolute atomic E-state index is 13.2. The van der Waals surface area contributed by atoms with Gasteiger partial charge in [0.2, 0.25) is 0 Å². The van der Waals surface area contributed by atoms with Crippen molar-refractivity contribution < 1.29 is 9.18 Å². The van der Waals surface area contributed by atoms with Crippen molar-refractivity contribution in [3.8, 4) is 0 Å². The molecule has 2 heteroatoms. The normalized spacial score (nSPS) is 14.8. The zero-order valence-corrected chi connectivity index (χ0v) is 8.53. The van der Waals surface area contributed by atoms with Gasteiger partial charge in [0, 0.05) is 6.42 Å². The summed E-state index contributed by atoms with van der Waals surface area (Å²) in [6.45, 7) is 3.46. The minimum atomic E-state index is -0.972. The highest BCUT2D eigenvalue weighted by atomic mass is 19.1. The zero-order chi connectivity index (χ0) is 10.6. The van der Waals surface area contributed by atoms with Crippen LogP contribution < -0.4 is 0 Å². The topological polar surface area (TPSA) is 17.1 Å². The summed E-state index contributed by atoms with van der Waals surface area (Å²) in [4.78, 5) is 10.4. The van der Waals surface area contributed by atoms with Crippen LogP contribution in [0.4, 0.5) is 4.39 Å². The highest BCUT2D eigenvalue weighted by Crippen LogP contribution is 2.28. The molecule has 2 atom stereocenters. The van der Waals surface area contributed by atoms with Crippen molar-refractivity contribution in [3.63, 3.8) is 0 Å². The van der Waals surface area contributed by atoms with E-state index in [9.17, 15) is 9.18 Å². The van der Waals surface area contributed by atoms with E-state index in [1.54, 1.807) is 6.07 Å². The second kappa shape index (κ2) is 4.89. The Morgan fingerprint density at radius 1 is 1.29 bits per heavy atom. The molecule has 14 heavy (non-hydrogen) atoms. The SMILES string of the molecule is CC(F)c1ccccc1C(C)CC=O. The Labute approximate surface area is 83.9 Å². The summed E-state index contributed by atoms with van der Waals surface area (Å²) in [5.74, 6) is 0.0990. The molecule has 1 rings (SSSR count). The third kappa shape index (κ3) is 2.41. The lowest BCUT2D eigenvalue weighted by atomic mass is 9.92. The highest BCUT2D eigenvalue weighted by molar-refractivity contribution is 5.52. The Balaban J connectivity index is 2.99. The predicted molar refractivity (Wildman–Crippen MR) is 55.1 cm³/mol. The van der Waals surface area contributed by atoms with E-state index >= 15 is 0 Å². The second-order valence-electron chi connectivity index (χ2n) is 3.55. The van der Waals surface area contributed by atoms with Crippen LogP contribution in [-0.2, 0) is 4.79 Å². The average molecular weight is 194 g/mol. The number of rotatable bonds is 4. The predicted octanol–water partition coefficient (Wildman–Crippen LogP) is 3.41. The number of carbonyl (C=O) groups excluding carboxylic acids is 1. The molecule has 0 fully saturated rings. The van der Waals surface area contributed by atoms with Gasteiger partial charge in [-0.25, -0.2) is 4.39 Å². The monoisotopic (exact) mass is 194 g/mol. The third-order valence-corrected chi connectivity index (χ3v) is 2.41. The molecule has 0 aromatic heterocycles. The molecule has 1 aromatic rings. The largest absolute Gasteiger partial charge is 0.303 e.